The average molecular weight is 818 g/mol. The van der Waals surface area contributed by atoms with Crippen LogP contribution in [-0.2, 0) is 20.6 Å². The SMILES string of the molecule is COc1cc(C2CCN(CC3CCN(c4ccc(C(C)=O)c(C(=O)C(C)C)c4)CC3)CC2)c(C)cc1NC1=NC(Nc2ccccc2S(=S)C(C)C)C(Cl)=CN1. The van der Waals surface area contributed by atoms with Crippen molar-refractivity contribution in [3.63, 3.8) is 0 Å². The molecule has 3 N–H and O–H groups in total. The number of likely N-dealkylation sites (tertiary alicyclic amines) is 1. The number of Topliss-reactive ketones (excluding diaryl/α,β-unsaturated/α-hetero) is 2. The van der Waals surface area contributed by atoms with Crippen LogP contribution in [0.25, 0.3) is 0 Å². The third kappa shape index (κ3) is 9.84. The van der Waals surface area contributed by atoms with Crippen LogP contribution in [0.4, 0.5) is 17.1 Å². The second-order valence-corrected chi connectivity index (χ2v) is 19.4. The van der Waals surface area contributed by atoms with Crippen LogP contribution < -0.4 is 25.6 Å². The summed E-state index contributed by atoms with van der Waals surface area (Å²) in [6.45, 7) is 17.0. The van der Waals surface area contributed by atoms with Crippen molar-refractivity contribution in [1.29, 1.82) is 0 Å². The summed E-state index contributed by atoms with van der Waals surface area (Å²) in [6, 6.07) is 18.3. The number of ether oxygens (including phenoxy) is 1. The van der Waals surface area contributed by atoms with Crippen molar-refractivity contribution in [2.75, 3.05) is 55.4 Å². The number of halogens is 1. The molecule has 2 atom stereocenters. The Morgan fingerprint density at radius 1 is 0.982 bits per heavy atom. The molecule has 3 aromatic carbocycles. The molecule has 56 heavy (non-hydrogen) atoms. The zero-order valence-electron chi connectivity index (χ0n) is 33.8. The van der Waals surface area contributed by atoms with Crippen LogP contribution >= 0.6 is 11.6 Å². The number of methoxy groups -OCH3 is 1. The predicted octanol–water partition coefficient (Wildman–Crippen LogP) is 8.88. The fraction of sp³-hybridized carbons (Fsp3) is 0.477. The van der Waals surface area contributed by atoms with E-state index in [-0.39, 0.29) is 26.9 Å². The summed E-state index contributed by atoms with van der Waals surface area (Å²) in [5.74, 6) is 2.29. The molecule has 0 spiro atoms. The first-order valence-corrected chi connectivity index (χ1v) is 22.5. The van der Waals surface area contributed by atoms with E-state index in [0.29, 0.717) is 39.2 Å². The Balaban J connectivity index is 1.04. The van der Waals surface area contributed by atoms with Crippen molar-refractivity contribution >= 4 is 66.8 Å². The summed E-state index contributed by atoms with van der Waals surface area (Å²) in [4.78, 5) is 36.2. The van der Waals surface area contributed by atoms with Crippen molar-refractivity contribution in [1.82, 2.24) is 10.2 Å². The van der Waals surface area contributed by atoms with Crippen LogP contribution in [0.2, 0.25) is 0 Å². The van der Waals surface area contributed by atoms with E-state index in [9.17, 15) is 9.59 Å². The van der Waals surface area contributed by atoms with Gasteiger partial charge in [0.2, 0.25) is 5.96 Å². The molecular weight excluding hydrogens is 760 g/mol. The van der Waals surface area contributed by atoms with Gasteiger partial charge in [0.25, 0.3) is 0 Å². The van der Waals surface area contributed by atoms with E-state index in [0.717, 1.165) is 86.1 Å². The molecule has 9 nitrogen and oxygen atoms in total. The number of benzene rings is 3. The van der Waals surface area contributed by atoms with Gasteiger partial charge in [0.15, 0.2) is 17.7 Å². The quantitative estimate of drug-likeness (QED) is 0.146. The lowest BCUT2D eigenvalue weighted by atomic mass is 9.85. The first-order valence-electron chi connectivity index (χ1n) is 19.9. The molecule has 2 fully saturated rings. The number of rotatable bonds is 13. The number of nitrogens with zero attached hydrogens (tertiary/aromatic N) is 3. The number of piperidine rings is 2. The van der Waals surface area contributed by atoms with Gasteiger partial charge in [0.1, 0.15) is 5.75 Å². The predicted molar refractivity (Wildman–Crippen MR) is 237 cm³/mol. The Bertz CT molecular complexity index is 2000. The minimum atomic E-state index is -0.467. The Labute approximate surface area is 345 Å². The fourth-order valence-corrected chi connectivity index (χ4v) is 9.69. The van der Waals surface area contributed by atoms with E-state index in [1.165, 1.54) is 18.1 Å². The number of guanidine groups is 1. The maximum absolute atomic E-state index is 12.9. The van der Waals surface area contributed by atoms with E-state index in [1.807, 2.05) is 50.2 Å². The summed E-state index contributed by atoms with van der Waals surface area (Å²) >= 11 is 12.5. The number of carbonyl (C=O) groups excluding carboxylic acids is 2. The van der Waals surface area contributed by atoms with Crippen LogP contribution in [0.15, 0.2) is 75.7 Å². The lowest BCUT2D eigenvalue weighted by molar-refractivity contribution is 0.0927. The second-order valence-electron chi connectivity index (χ2n) is 15.9. The van der Waals surface area contributed by atoms with Gasteiger partial charge in [0.05, 0.1) is 23.5 Å². The van der Waals surface area contributed by atoms with Crippen molar-refractivity contribution in [2.45, 2.75) is 89.5 Å². The lowest BCUT2D eigenvalue weighted by Crippen LogP contribution is -2.41. The zero-order valence-corrected chi connectivity index (χ0v) is 36.2. The number of hydrogen-bond acceptors (Lipinski definition) is 10. The number of ketones is 2. The van der Waals surface area contributed by atoms with Gasteiger partial charge in [-0.2, -0.15) is 0 Å². The fourth-order valence-electron chi connectivity index (χ4n) is 8.03. The molecule has 6 rings (SSSR count). The van der Waals surface area contributed by atoms with Gasteiger partial charge in [-0.1, -0.05) is 60.9 Å². The highest BCUT2D eigenvalue weighted by Crippen LogP contribution is 2.37. The number of aryl methyl sites for hydroxylation is 1. The summed E-state index contributed by atoms with van der Waals surface area (Å²) < 4.78 is 5.93. The number of nitrogens with one attached hydrogen (secondary N) is 3. The summed E-state index contributed by atoms with van der Waals surface area (Å²) in [6.07, 6.45) is 5.75. The smallest absolute Gasteiger partial charge is 0.202 e. The van der Waals surface area contributed by atoms with Gasteiger partial charge in [-0.25, -0.2) is 4.99 Å². The van der Waals surface area contributed by atoms with Crippen molar-refractivity contribution < 1.29 is 14.3 Å². The van der Waals surface area contributed by atoms with Gasteiger partial charge in [-0.15, -0.1) is 0 Å². The minimum Gasteiger partial charge on any atom is -0.495 e. The third-order valence-corrected chi connectivity index (χ3v) is 14.9. The molecule has 0 aliphatic carbocycles. The maximum atomic E-state index is 12.9. The number of hydrogen-bond donors (Lipinski definition) is 3. The molecule has 2 saturated heterocycles. The maximum Gasteiger partial charge on any atom is 0.202 e. The zero-order chi connectivity index (χ0) is 40.1. The van der Waals surface area contributed by atoms with E-state index in [1.54, 1.807) is 13.3 Å². The molecule has 3 aliphatic heterocycles. The van der Waals surface area contributed by atoms with Crippen LogP contribution in [0.3, 0.4) is 0 Å². The summed E-state index contributed by atoms with van der Waals surface area (Å²) in [5.41, 5.74) is 6.48. The van der Waals surface area contributed by atoms with E-state index < -0.39 is 6.17 Å². The largest absolute Gasteiger partial charge is 0.495 e. The topological polar surface area (TPSA) is 98.3 Å². The van der Waals surface area contributed by atoms with E-state index in [4.69, 9.17) is 32.5 Å². The number of anilines is 3. The molecule has 12 heteroatoms. The van der Waals surface area contributed by atoms with Crippen LogP contribution in [0.5, 0.6) is 5.75 Å². The molecule has 2 unspecified atom stereocenters. The highest BCUT2D eigenvalue weighted by molar-refractivity contribution is 8.29. The molecule has 0 radical (unpaired) electrons. The van der Waals surface area contributed by atoms with Gasteiger partial charge >= 0.3 is 0 Å². The van der Waals surface area contributed by atoms with Gasteiger partial charge in [0, 0.05) is 58.7 Å². The monoisotopic (exact) mass is 816 g/mol. The molecule has 0 saturated carbocycles. The Morgan fingerprint density at radius 3 is 2.36 bits per heavy atom. The molecule has 300 valence electrons. The number of carbonyl (C=O) groups is 2. The van der Waals surface area contributed by atoms with Crippen molar-refractivity contribution in [2.24, 2.45) is 16.8 Å². The Hall–Kier alpha value is -3.77. The van der Waals surface area contributed by atoms with Crippen LogP contribution in [0, 0.1) is 18.8 Å². The van der Waals surface area contributed by atoms with Crippen LogP contribution in [0.1, 0.15) is 98.1 Å². The average Bonchev–Trinajstić information content (AvgIpc) is 3.19. The molecule has 0 amide bonds. The number of aliphatic imine (C=N–C) groups is 1. The van der Waals surface area contributed by atoms with Crippen LogP contribution in [-0.4, -0.2) is 73.7 Å². The van der Waals surface area contributed by atoms with Gasteiger partial charge in [-0.3, -0.25) is 9.59 Å². The first-order chi connectivity index (χ1) is 26.8. The third-order valence-electron chi connectivity index (χ3n) is 11.2. The minimum absolute atomic E-state index is 0.0278. The first kappa shape index (κ1) is 41.9. The molecule has 3 heterocycles. The standard InChI is InChI=1S/C44H57ClN6O3S2/c1-27(2)42(53)36-23-33(12-13-34(36)30(6)52)51-20-14-31(15-21-51)26-50-18-16-32(17-19-50)35-24-40(54-7)39(22-29(35)5)48-44-46-25-37(45)43(49-44)47-38-10-8-9-11-41(38)56(55)28(3)4/h8-13,22-25,27-28,31-32,43,47H,14-21,26H2,1-7H3,(H2,46,48,49). The number of para-hydroxylation sites is 1. The normalized spacial score (nSPS) is 19.0. The Kier molecular flexibility index (Phi) is 13.9. The molecule has 3 aliphatic rings. The lowest BCUT2D eigenvalue weighted by Gasteiger charge is -2.39. The van der Waals surface area contributed by atoms with Gasteiger partial charge < -0.3 is 30.5 Å². The van der Waals surface area contributed by atoms with Gasteiger partial charge in [-0.05, 0) is 129 Å². The Morgan fingerprint density at radius 2 is 1.70 bits per heavy atom. The van der Waals surface area contributed by atoms with Crippen molar-refractivity contribution in [3.8, 4) is 5.75 Å². The van der Waals surface area contributed by atoms with E-state index in [2.05, 4.69) is 64.7 Å². The molecular formula is C44H57ClN6O3S2. The van der Waals surface area contributed by atoms with E-state index >= 15 is 0 Å². The summed E-state index contributed by atoms with van der Waals surface area (Å²) in [5, 5.41) is 11.1. The highest BCUT2D eigenvalue weighted by atomic mass is 35.5. The molecule has 3 aromatic rings. The molecule has 0 aromatic heterocycles. The second kappa shape index (κ2) is 18.7. The van der Waals surface area contributed by atoms with Crippen molar-refractivity contribution in [3.05, 3.63) is 88.1 Å². The summed E-state index contributed by atoms with van der Waals surface area (Å²) in [7, 11) is 1.38. The molecule has 0 bridgehead atoms. The highest BCUT2D eigenvalue weighted by Gasteiger charge is 2.28.